The number of hydrogen-bond donors (Lipinski definition) is 3. The molecule has 116 valence electrons. The molecule has 0 bridgehead atoms. The normalized spacial score (nSPS) is 12.0. The number of benzene rings is 1. The minimum Gasteiger partial charge on any atom is -0.478 e. The summed E-state index contributed by atoms with van der Waals surface area (Å²) >= 11 is 0. The first kappa shape index (κ1) is 16.9. The van der Waals surface area contributed by atoms with Crippen LogP contribution in [0, 0.1) is 11.7 Å². The maximum atomic E-state index is 13.7. The van der Waals surface area contributed by atoms with Gasteiger partial charge in [0.25, 0.3) is 0 Å². The molecule has 0 saturated heterocycles. The van der Waals surface area contributed by atoms with E-state index in [0.29, 0.717) is 6.61 Å². The van der Waals surface area contributed by atoms with Crippen LogP contribution in [0.15, 0.2) is 18.2 Å². The van der Waals surface area contributed by atoms with Gasteiger partial charge in [-0.3, -0.25) is 0 Å². The largest absolute Gasteiger partial charge is 0.478 e. The van der Waals surface area contributed by atoms with Gasteiger partial charge in [-0.05, 0) is 24.1 Å². The number of hydrogen-bond acceptors (Lipinski definition) is 3. The smallest absolute Gasteiger partial charge is 0.335 e. The molecule has 21 heavy (non-hydrogen) atoms. The summed E-state index contributed by atoms with van der Waals surface area (Å²) in [5.41, 5.74) is -0.268. The molecule has 1 atom stereocenters. The van der Waals surface area contributed by atoms with Crippen molar-refractivity contribution in [3.8, 4) is 0 Å². The Morgan fingerprint density at radius 1 is 1.38 bits per heavy atom. The first-order valence-corrected chi connectivity index (χ1v) is 6.44. The SMILES string of the molecule is COCC(NC(=O)Nc1ccc(C(=O)O)cc1F)C(C)C. The average molecular weight is 298 g/mol. The fraction of sp³-hybridized carbons (Fsp3) is 0.429. The maximum absolute atomic E-state index is 13.7. The highest BCUT2D eigenvalue weighted by Gasteiger charge is 2.17. The van der Waals surface area contributed by atoms with Gasteiger partial charge in [0, 0.05) is 7.11 Å². The fourth-order valence-electron chi connectivity index (χ4n) is 1.66. The number of urea groups is 1. The molecule has 2 amide bonds. The van der Waals surface area contributed by atoms with Gasteiger partial charge in [0.2, 0.25) is 0 Å². The molecule has 1 unspecified atom stereocenters. The van der Waals surface area contributed by atoms with E-state index < -0.39 is 17.8 Å². The maximum Gasteiger partial charge on any atom is 0.335 e. The van der Waals surface area contributed by atoms with Crippen molar-refractivity contribution in [3.63, 3.8) is 0 Å². The van der Waals surface area contributed by atoms with Crippen molar-refractivity contribution in [2.24, 2.45) is 5.92 Å². The summed E-state index contributed by atoms with van der Waals surface area (Å²) in [6.45, 7) is 4.18. The van der Waals surface area contributed by atoms with Crippen molar-refractivity contribution in [3.05, 3.63) is 29.6 Å². The number of carboxylic acid groups (broad SMARTS) is 1. The summed E-state index contributed by atoms with van der Waals surface area (Å²) in [5, 5.41) is 13.8. The van der Waals surface area contributed by atoms with Crippen LogP contribution >= 0.6 is 0 Å². The molecule has 0 aliphatic rings. The second-order valence-electron chi connectivity index (χ2n) is 4.90. The van der Waals surface area contributed by atoms with Crippen LogP contribution < -0.4 is 10.6 Å². The van der Waals surface area contributed by atoms with Gasteiger partial charge in [0.15, 0.2) is 0 Å². The quantitative estimate of drug-likeness (QED) is 0.752. The molecule has 0 radical (unpaired) electrons. The number of methoxy groups -OCH3 is 1. The van der Waals surface area contributed by atoms with Crippen LogP contribution in [-0.2, 0) is 4.74 Å². The van der Waals surface area contributed by atoms with E-state index in [9.17, 15) is 14.0 Å². The van der Waals surface area contributed by atoms with E-state index in [2.05, 4.69) is 10.6 Å². The molecule has 1 rings (SSSR count). The third-order valence-electron chi connectivity index (χ3n) is 2.93. The number of aromatic carboxylic acids is 1. The molecule has 3 N–H and O–H groups in total. The molecule has 1 aromatic rings. The number of carboxylic acids is 1. The summed E-state index contributed by atoms with van der Waals surface area (Å²) in [6, 6.07) is 2.49. The fourth-order valence-corrected chi connectivity index (χ4v) is 1.66. The first-order valence-electron chi connectivity index (χ1n) is 6.44. The van der Waals surface area contributed by atoms with E-state index in [0.717, 1.165) is 6.07 Å². The number of halogens is 1. The van der Waals surface area contributed by atoms with Crippen molar-refractivity contribution < 1.29 is 23.8 Å². The Balaban J connectivity index is 2.72. The molecule has 0 aromatic heterocycles. The monoisotopic (exact) mass is 298 g/mol. The topological polar surface area (TPSA) is 87.7 Å². The predicted molar refractivity (Wildman–Crippen MR) is 76.0 cm³/mol. The lowest BCUT2D eigenvalue weighted by atomic mass is 10.1. The number of carbonyl (C=O) groups is 2. The Morgan fingerprint density at radius 3 is 2.52 bits per heavy atom. The molecule has 0 saturated carbocycles. The number of amides is 2. The summed E-state index contributed by atoms with van der Waals surface area (Å²) in [4.78, 5) is 22.5. The highest BCUT2D eigenvalue weighted by Crippen LogP contribution is 2.16. The molecule has 7 heteroatoms. The number of anilines is 1. The molecule has 1 aromatic carbocycles. The lowest BCUT2D eigenvalue weighted by Crippen LogP contribution is -2.43. The van der Waals surface area contributed by atoms with Crippen LogP contribution in [-0.4, -0.2) is 36.9 Å². The molecular weight excluding hydrogens is 279 g/mol. The van der Waals surface area contributed by atoms with E-state index in [-0.39, 0.29) is 23.2 Å². The van der Waals surface area contributed by atoms with Gasteiger partial charge >= 0.3 is 12.0 Å². The van der Waals surface area contributed by atoms with Gasteiger partial charge in [0.05, 0.1) is 23.9 Å². The average Bonchev–Trinajstić information content (AvgIpc) is 2.40. The third-order valence-corrected chi connectivity index (χ3v) is 2.93. The Morgan fingerprint density at radius 2 is 2.05 bits per heavy atom. The predicted octanol–water partition coefficient (Wildman–Crippen LogP) is 2.32. The lowest BCUT2D eigenvalue weighted by molar-refractivity contribution is 0.0696. The van der Waals surface area contributed by atoms with E-state index >= 15 is 0 Å². The van der Waals surface area contributed by atoms with Crippen LogP contribution in [0.1, 0.15) is 24.2 Å². The van der Waals surface area contributed by atoms with Gasteiger partial charge in [-0.25, -0.2) is 14.0 Å². The number of nitrogens with one attached hydrogen (secondary N) is 2. The minimum absolute atomic E-state index is 0.0857. The number of carbonyl (C=O) groups excluding carboxylic acids is 1. The lowest BCUT2D eigenvalue weighted by Gasteiger charge is -2.21. The van der Waals surface area contributed by atoms with Crippen molar-refractivity contribution in [2.75, 3.05) is 19.0 Å². The number of rotatable bonds is 6. The summed E-state index contributed by atoms with van der Waals surface area (Å²) in [6.07, 6.45) is 0. The van der Waals surface area contributed by atoms with Crippen LogP contribution in [0.25, 0.3) is 0 Å². The Bertz CT molecular complexity index is 520. The van der Waals surface area contributed by atoms with Gasteiger partial charge in [-0.1, -0.05) is 13.8 Å². The molecule has 0 heterocycles. The van der Waals surface area contributed by atoms with Crippen molar-refractivity contribution in [2.45, 2.75) is 19.9 Å². The van der Waals surface area contributed by atoms with Crippen LogP contribution in [0.5, 0.6) is 0 Å². The Hall–Kier alpha value is -2.15. The van der Waals surface area contributed by atoms with Crippen LogP contribution in [0.3, 0.4) is 0 Å². The molecule has 0 aliphatic carbocycles. The second-order valence-corrected chi connectivity index (χ2v) is 4.90. The van der Waals surface area contributed by atoms with Crippen molar-refractivity contribution >= 4 is 17.7 Å². The molecular formula is C14H19FN2O4. The van der Waals surface area contributed by atoms with E-state index in [1.165, 1.54) is 19.2 Å². The van der Waals surface area contributed by atoms with Crippen LogP contribution in [0.4, 0.5) is 14.9 Å². The van der Waals surface area contributed by atoms with Crippen molar-refractivity contribution in [1.82, 2.24) is 5.32 Å². The summed E-state index contributed by atoms with van der Waals surface area (Å²) in [5.74, 6) is -1.89. The minimum atomic E-state index is -1.23. The summed E-state index contributed by atoms with van der Waals surface area (Å²) in [7, 11) is 1.53. The van der Waals surface area contributed by atoms with E-state index in [4.69, 9.17) is 9.84 Å². The van der Waals surface area contributed by atoms with E-state index in [1.807, 2.05) is 13.8 Å². The number of ether oxygens (including phenoxy) is 1. The molecule has 0 spiro atoms. The summed E-state index contributed by atoms with van der Waals surface area (Å²) < 4.78 is 18.7. The zero-order chi connectivity index (χ0) is 16.0. The Labute approximate surface area is 122 Å². The van der Waals surface area contributed by atoms with Gasteiger partial charge in [0.1, 0.15) is 5.82 Å². The molecule has 0 aliphatic heterocycles. The zero-order valence-corrected chi connectivity index (χ0v) is 12.1. The van der Waals surface area contributed by atoms with E-state index in [1.54, 1.807) is 0 Å². The first-order chi connectivity index (χ1) is 9.85. The van der Waals surface area contributed by atoms with Crippen molar-refractivity contribution in [1.29, 1.82) is 0 Å². The van der Waals surface area contributed by atoms with Gasteiger partial charge < -0.3 is 20.5 Å². The Kier molecular flexibility index (Phi) is 6.10. The standard InChI is InChI=1S/C14H19FN2O4/c1-8(2)12(7-21-3)17-14(20)16-11-5-4-9(13(18)19)6-10(11)15/h4-6,8,12H,7H2,1-3H3,(H,18,19)(H2,16,17,20). The van der Waals surface area contributed by atoms with Gasteiger partial charge in [-0.2, -0.15) is 0 Å². The van der Waals surface area contributed by atoms with Crippen LogP contribution in [0.2, 0.25) is 0 Å². The highest BCUT2D eigenvalue weighted by molar-refractivity contribution is 5.91. The van der Waals surface area contributed by atoms with Gasteiger partial charge in [-0.15, -0.1) is 0 Å². The second kappa shape index (κ2) is 7.58. The molecule has 0 fully saturated rings. The third kappa shape index (κ3) is 5.03. The molecule has 6 nitrogen and oxygen atoms in total. The zero-order valence-electron chi connectivity index (χ0n) is 12.1. The highest BCUT2D eigenvalue weighted by atomic mass is 19.1.